The molecule has 1 amide bonds. The summed E-state index contributed by atoms with van der Waals surface area (Å²) in [6.07, 6.45) is 3.42. The average molecular weight is 244 g/mol. The first-order chi connectivity index (χ1) is 8.70. The van der Waals surface area contributed by atoms with Crippen molar-refractivity contribution < 1.29 is 4.79 Å². The molecule has 0 aliphatic heterocycles. The molecule has 94 valence electrons. The molecule has 0 bridgehead atoms. The van der Waals surface area contributed by atoms with E-state index in [1.54, 1.807) is 30.1 Å². The predicted octanol–water partition coefficient (Wildman–Crippen LogP) is 1.54. The quantitative estimate of drug-likeness (QED) is 0.856. The van der Waals surface area contributed by atoms with Gasteiger partial charge >= 0.3 is 0 Å². The zero-order valence-electron chi connectivity index (χ0n) is 10.2. The number of amides is 1. The van der Waals surface area contributed by atoms with Gasteiger partial charge in [-0.2, -0.15) is 5.10 Å². The van der Waals surface area contributed by atoms with E-state index in [1.807, 2.05) is 24.3 Å². The maximum atomic E-state index is 12.0. The lowest BCUT2D eigenvalue weighted by Gasteiger charge is -2.13. The third kappa shape index (κ3) is 2.75. The Morgan fingerprint density at radius 2 is 2.33 bits per heavy atom. The van der Waals surface area contributed by atoms with E-state index in [-0.39, 0.29) is 11.9 Å². The summed E-state index contributed by atoms with van der Waals surface area (Å²) >= 11 is 0. The van der Waals surface area contributed by atoms with Crippen LogP contribution in [0, 0.1) is 0 Å². The van der Waals surface area contributed by atoms with Gasteiger partial charge in [-0.3, -0.25) is 9.48 Å². The van der Waals surface area contributed by atoms with Crippen molar-refractivity contribution in [3.8, 4) is 0 Å². The number of hydrogen-bond donors (Lipinski definition) is 2. The lowest BCUT2D eigenvalue weighted by molar-refractivity contribution is -0.119. The van der Waals surface area contributed by atoms with Gasteiger partial charge in [-0.25, -0.2) is 0 Å². The van der Waals surface area contributed by atoms with Crippen molar-refractivity contribution in [1.82, 2.24) is 9.78 Å². The Bertz CT molecular complexity index is 522. The monoisotopic (exact) mass is 244 g/mol. The van der Waals surface area contributed by atoms with Crippen LogP contribution in [-0.2, 0) is 11.3 Å². The molecule has 0 saturated heterocycles. The molecule has 0 unspecified atom stereocenters. The van der Waals surface area contributed by atoms with Crippen LogP contribution in [0.4, 0.5) is 5.69 Å². The third-order valence-electron chi connectivity index (χ3n) is 2.73. The van der Waals surface area contributed by atoms with Gasteiger partial charge in [0.05, 0.1) is 0 Å². The number of hydrogen-bond acceptors (Lipinski definition) is 3. The zero-order valence-corrected chi connectivity index (χ0v) is 10.2. The fourth-order valence-corrected chi connectivity index (χ4v) is 1.65. The second-order valence-electron chi connectivity index (χ2n) is 4.06. The molecular formula is C13H16N4O. The number of nitrogens with zero attached hydrogens (tertiary/aromatic N) is 2. The molecule has 0 fully saturated rings. The van der Waals surface area contributed by atoms with Crippen LogP contribution in [0.2, 0.25) is 0 Å². The molecule has 1 atom stereocenters. The van der Waals surface area contributed by atoms with Gasteiger partial charge in [-0.15, -0.1) is 0 Å². The van der Waals surface area contributed by atoms with Gasteiger partial charge in [0.2, 0.25) is 5.91 Å². The largest absolute Gasteiger partial charge is 0.326 e. The maximum Gasteiger partial charge on any atom is 0.248 e. The van der Waals surface area contributed by atoms with Gasteiger partial charge in [-0.05, 0) is 30.7 Å². The molecule has 0 aliphatic carbocycles. The number of nitrogens with one attached hydrogen (secondary N) is 1. The summed E-state index contributed by atoms with van der Waals surface area (Å²) in [6, 6.07) is 8.95. The van der Waals surface area contributed by atoms with Crippen LogP contribution in [0.25, 0.3) is 0 Å². The van der Waals surface area contributed by atoms with Gasteiger partial charge in [-0.1, -0.05) is 12.1 Å². The number of rotatable bonds is 4. The number of benzene rings is 1. The first kappa shape index (κ1) is 12.3. The molecule has 5 heteroatoms. The van der Waals surface area contributed by atoms with Crippen LogP contribution in [0.15, 0.2) is 42.7 Å². The van der Waals surface area contributed by atoms with Crippen molar-refractivity contribution in [3.05, 3.63) is 48.3 Å². The Morgan fingerprint density at radius 3 is 3.00 bits per heavy atom. The first-order valence-electron chi connectivity index (χ1n) is 5.79. The Hall–Kier alpha value is -2.14. The highest BCUT2D eigenvalue weighted by Crippen LogP contribution is 2.13. The first-order valence-corrected chi connectivity index (χ1v) is 5.79. The van der Waals surface area contributed by atoms with Gasteiger partial charge < -0.3 is 11.1 Å². The van der Waals surface area contributed by atoms with Crippen LogP contribution in [0.3, 0.4) is 0 Å². The van der Waals surface area contributed by atoms with E-state index in [2.05, 4.69) is 10.4 Å². The van der Waals surface area contributed by atoms with E-state index < -0.39 is 0 Å². The number of aromatic nitrogens is 2. The van der Waals surface area contributed by atoms with E-state index in [0.717, 1.165) is 11.3 Å². The molecule has 0 radical (unpaired) electrons. The van der Waals surface area contributed by atoms with Crippen molar-refractivity contribution in [2.45, 2.75) is 19.5 Å². The molecule has 18 heavy (non-hydrogen) atoms. The number of carbonyl (C=O) groups excluding carboxylic acids is 1. The van der Waals surface area contributed by atoms with Crippen molar-refractivity contribution in [2.24, 2.45) is 5.73 Å². The number of nitrogens with two attached hydrogens (primary N) is 1. The minimum absolute atomic E-state index is 0.104. The van der Waals surface area contributed by atoms with E-state index in [0.29, 0.717) is 6.54 Å². The second-order valence-corrected chi connectivity index (χ2v) is 4.06. The average Bonchev–Trinajstić information content (AvgIpc) is 2.92. The van der Waals surface area contributed by atoms with Crippen LogP contribution in [0.5, 0.6) is 0 Å². The topological polar surface area (TPSA) is 72.9 Å². The summed E-state index contributed by atoms with van der Waals surface area (Å²) in [7, 11) is 0. The van der Waals surface area contributed by atoms with E-state index >= 15 is 0 Å². The molecule has 1 aromatic carbocycles. The highest BCUT2D eigenvalue weighted by atomic mass is 16.2. The third-order valence-corrected chi connectivity index (χ3v) is 2.73. The minimum atomic E-state index is -0.346. The molecule has 1 heterocycles. The molecule has 0 saturated carbocycles. The fourth-order valence-electron chi connectivity index (χ4n) is 1.65. The summed E-state index contributed by atoms with van der Waals surface area (Å²) < 4.78 is 1.61. The van der Waals surface area contributed by atoms with Crippen LogP contribution in [0.1, 0.15) is 18.5 Å². The normalized spacial score (nSPS) is 12.1. The van der Waals surface area contributed by atoms with Crippen LogP contribution >= 0.6 is 0 Å². The lowest BCUT2D eigenvalue weighted by Crippen LogP contribution is -2.24. The minimum Gasteiger partial charge on any atom is -0.326 e. The second kappa shape index (κ2) is 5.46. The van der Waals surface area contributed by atoms with Crippen molar-refractivity contribution in [1.29, 1.82) is 0 Å². The molecule has 2 aromatic rings. The molecule has 0 aliphatic rings. The van der Waals surface area contributed by atoms with Crippen molar-refractivity contribution in [3.63, 3.8) is 0 Å². The summed E-state index contributed by atoms with van der Waals surface area (Å²) in [6.45, 7) is 2.26. The standard InChI is InChI=1S/C13H16N4O/c1-10(17-7-3-6-15-17)13(18)16-12-5-2-4-11(8-12)9-14/h2-8,10H,9,14H2,1H3,(H,16,18)/t10-/m0/s1. The van der Waals surface area contributed by atoms with Crippen LogP contribution in [-0.4, -0.2) is 15.7 Å². The molecule has 0 spiro atoms. The smallest absolute Gasteiger partial charge is 0.248 e. The molecule has 3 N–H and O–H groups in total. The van der Waals surface area contributed by atoms with E-state index in [4.69, 9.17) is 5.73 Å². The maximum absolute atomic E-state index is 12.0. The Balaban J connectivity index is 2.06. The van der Waals surface area contributed by atoms with Crippen molar-refractivity contribution in [2.75, 3.05) is 5.32 Å². The molecular weight excluding hydrogens is 228 g/mol. The Labute approximate surface area is 106 Å². The number of anilines is 1. The highest BCUT2D eigenvalue weighted by Gasteiger charge is 2.14. The molecule has 1 aromatic heterocycles. The number of carbonyl (C=O) groups is 1. The van der Waals surface area contributed by atoms with Gasteiger partial charge in [0.1, 0.15) is 6.04 Å². The van der Waals surface area contributed by atoms with Crippen molar-refractivity contribution >= 4 is 11.6 Å². The lowest BCUT2D eigenvalue weighted by atomic mass is 10.2. The Morgan fingerprint density at radius 1 is 1.50 bits per heavy atom. The van der Waals surface area contributed by atoms with E-state index in [9.17, 15) is 4.79 Å². The SMILES string of the molecule is C[C@@H](C(=O)Nc1cccc(CN)c1)n1cccn1. The van der Waals surface area contributed by atoms with Crippen LogP contribution < -0.4 is 11.1 Å². The summed E-state index contributed by atoms with van der Waals surface area (Å²) in [5, 5.41) is 6.90. The summed E-state index contributed by atoms with van der Waals surface area (Å²) in [5.74, 6) is -0.104. The molecule has 5 nitrogen and oxygen atoms in total. The highest BCUT2D eigenvalue weighted by molar-refractivity contribution is 5.93. The van der Waals surface area contributed by atoms with E-state index in [1.165, 1.54) is 0 Å². The summed E-state index contributed by atoms with van der Waals surface area (Å²) in [4.78, 5) is 12.0. The Kier molecular flexibility index (Phi) is 3.74. The summed E-state index contributed by atoms with van der Waals surface area (Å²) in [5.41, 5.74) is 7.30. The zero-order chi connectivity index (χ0) is 13.0. The van der Waals surface area contributed by atoms with Gasteiger partial charge in [0.25, 0.3) is 0 Å². The molecule has 2 rings (SSSR count). The van der Waals surface area contributed by atoms with Gasteiger partial charge in [0, 0.05) is 24.6 Å². The fraction of sp³-hybridized carbons (Fsp3) is 0.231. The van der Waals surface area contributed by atoms with Gasteiger partial charge in [0.15, 0.2) is 0 Å². The predicted molar refractivity (Wildman–Crippen MR) is 69.9 cm³/mol.